The Kier molecular flexibility index (Phi) is 3.74. The molecule has 0 saturated carbocycles. The average Bonchev–Trinajstić information content (AvgIpc) is 2.14. The maximum Gasteiger partial charge on any atom is 0.419 e. The second-order valence-electron chi connectivity index (χ2n) is 2.76. The maximum absolute atomic E-state index is 13.3. The Labute approximate surface area is 89.2 Å². The van der Waals surface area contributed by atoms with Gasteiger partial charge in [0.25, 0.3) is 0 Å². The highest BCUT2D eigenvalue weighted by atomic mass is 35.5. The number of hydrogen-bond donors (Lipinski definition) is 0. The molecule has 1 rings (SSSR count). The number of halogens is 5. The van der Waals surface area contributed by atoms with Crippen LogP contribution >= 0.6 is 11.6 Å². The molecule has 0 aromatic heterocycles. The molecule has 0 unspecified atom stereocenters. The zero-order valence-electron chi connectivity index (χ0n) is 7.48. The zero-order valence-corrected chi connectivity index (χ0v) is 8.24. The second kappa shape index (κ2) is 4.66. The van der Waals surface area contributed by atoms with Crippen molar-refractivity contribution in [2.45, 2.75) is 6.18 Å². The highest BCUT2D eigenvalue weighted by Crippen LogP contribution is 2.32. The standard InChI is InChI=1S/C10H7ClF4/c11-6-2-4-7-3-1-5-8(9(7)12)10(13,14)15/h1-5H,6H2/b4-2+. The van der Waals surface area contributed by atoms with Gasteiger partial charge in [-0.1, -0.05) is 24.3 Å². The molecule has 0 spiro atoms. The van der Waals surface area contributed by atoms with Crippen LogP contribution in [0.3, 0.4) is 0 Å². The normalized spacial score (nSPS) is 12.3. The fraction of sp³-hybridized carbons (Fsp3) is 0.200. The molecule has 0 nitrogen and oxygen atoms in total. The Hall–Kier alpha value is -1.03. The molecule has 82 valence electrons. The third-order valence-electron chi connectivity index (χ3n) is 1.72. The summed E-state index contributed by atoms with van der Waals surface area (Å²) in [6.07, 6.45) is -2.08. The zero-order chi connectivity index (χ0) is 11.5. The van der Waals surface area contributed by atoms with E-state index in [1.54, 1.807) is 0 Å². The number of rotatable bonds is 2. The van der Waals surface area contributed by atoms with Crippen molar-refractivity contribution >= 4 is 17.7 Å². The monoisotopic (exact) mass is 238 g/mol. The summed E-state index contributed by atoms with van der Waals surface area (Å²) in [6, 6.07) is 3.11. The van der Waals surface area contributed by atoms with E-state index < -0.39 is 17.6 Å². The summed E-state index contributed by atoms with van der Waals surface area (Å²) >= 11 is 5.30. The predicted octanol–water partition coefficient (Wildman–Crippen LogP) is 4.10. The maximum atomic E-state index is 13.3. The quantitative estimate of drug-likeness (QED) is 0.538. The van der Waals surface area contributed by atoms with E-state index in [1.165, 1.54) is 18.2 Å². The lowest BCUT2D eigenvalue weighted by Crippen LogP contribution is -2.08. The third kappa shape index (κ3) is 2.96. The van der Waals surface area contributed by atoms with Gasteiger partial charge in [0.2, 0.25) is 0 Å². The van der Waals surface area contributed by atoms with Gasteiger partial charge >= 0.3 is 6.18 Å². The molecule has 15 heavy (non-hydrogen) atoms. The Morgan fingerprint density at radius 2 is 1.93 bits per heavy atom. The van der Waals surface area contributed by atoms with Crippen LogP contribution < -0.4 is 0 Å². The summed E-state index contributed by atoms with van der Waals surface area (Å²) in [4.78, 5) is 0. The Balaban J connectivity index is 3.17. The van der Waals surface area contributed by atoms with Gasteiger partial charge in [0.05, 0.1) is 5.56 Å². The van der Waals surface area contributed by atoms with E-state index in [0.717, 1.165) is 6.07 Å². The summed E-state index contributed by atoms with van der Waals surface area (Å²) in [7, 11) is 0. The largest absolute Gasteiger partial charge is 0.419 e. The highest BCUT2D eigenvalue weighted by molar-refractivity contribution is 6.19. The van der Waals surface area contributed by atoms with Crippen molar-refractivity contribution in [1.29, 1.82) is 0 Å². The van der Waals surface area contributed by atoms with E-state index in [4.69, 9.17) is 11.6 Å². The van der Waals surface area contributed by atoms with Crippen LogP contribution in [0.15, 0.2) is 24.3 Å². The van der Waals surface area contributed by atoms with Crippen LogP contribution in [-0.4, -0.2) is 5.88 Å². The molecular weight excluding hydrogens is 232 g/mol. The van der Waals surface area contributed by atoms with Gasteiger partial charge in [-0.25, -0.2) is 4.39 Å². The van der Waals surface area contributed by atoms with Gasteiger partial charge in [-0.05, 0) is 6.07 Å². The van der Waals surface area contributed by atoms with Crippen LogP contribution in [0.25, 0.3) is 6.08 Å². The number of alkyl halides is 4. The minimum Gasteiger partial charge on any atom is -0.206 e. The van der Waals surface area contributed by atoms with E-state index in [2.05, 4.69) is 0 Å². The Morgan fingerprint density at radius 3 is 2.47 bits per heavy atom. The van der Waals surface area contributed by atoms with Gasteiger partial charge in [0, 0.05) is 11.4 Å². The number of benzene rings is 1. The number of allylic oxidation sites excluding steroid dienone is 1. The van der Waals surface area contributed by atoms with Crippen molar-refractivity contribution in [3.63, 3.8) is 0 Å². The van der Waals surface area contributed by atoms with Crippen LogP contribution in [0.4, 0.5) is 17.6 Å². The molecule has 0 aliphatic heterocycles. The summed E-state index contributed by atoms with van der Waals surface area (Å²) in [6.45, 7) is 0. The lowest BCUT2D eigenvalue weighted by molar-refractivity contribution is -0.140. The minimum atomic E-state index is -4.67. The summed E-state index contributed by atoms with van der Waals surface area (Å²) in [5, 5.41) is 0. The molecule has 0 radical (unpaired) electrons. The molecule has 0 N–H and O–H groups in total. The molecule has 0 aliphatic rings. The van der Waals surface area contributed by atoms with Crippen LogP contribution in [0.1, 0.15) is 11.1 Å². The fourth-order valence-corrected chi connectivity index (χ4v) is 1.16. The van der Waals surface area contributed by atoms with E-state index in [9.17, 15) is 17.6 Å². The van der Waals surface area contributed by atoms with Crippen molar-refractivity contribution < 1.29 is 17.6 Å². The molecule has 0 amide bonds. The average molecular weight is 239 g/mol. The van der Waals surface area contributed by atoms with Gasteiger partial charge in [0.1, 0.15) is 5.82 Å². The van der Waals surface area contributed by atoms with Gasteiger partial charge in [0.15, 0.2) is 0 Å². The minimum absolute atomic E-state index is 0.120. The molecule has 1 aromatic carbocycles. The molecule has 0 bridgehead atoms. The molecule has 0 atom stereocenters. The van der Waals surface area contributed by atoms with E-state index in [-0.39, 0.29) is 11.4 Å². The van der Waals surface area contributed by atoms with Gasteiger partial charge in [-0.3, -0.25) is 0 Å². The summed E-state index contributed by atoms with van der Waals surface area (Å²) in [5.74, 6) is -1.15. The van der Waals surface area contributed by atoms with Gasteiger partial charge in [-0.2, -0.15) is 13.2 Å². The lowest BCUT2D eigenvalue weighted by atomic mass is 10.1. The van der Waals surface area contributed by atoms with Crippen molar-refractivity contribution in [3.05, 3.63) is 41.2 Å². The van der Waals surface area contributed by atoms with E-state index in [0.29, 0.717) is 6.07 Å². The second-order valence-corrected chi connectivity index (χ2v) is 3.07. The lowest BCUT2D eigenvalue weighted by Gasteiger charge is -2.08. The number of hydrogen-bond acceptors (Lipinski definition) is 0. The Bertz CT molecular complexity index is 368. The highest BCUT2D eigenvalue weighted by Gasteiger charge is 2.34. The third-order valence-corrected chi connectivity index (χ3v) is 1.90. The van der Waals surface area contributed by atoms with Crippen molar-refractivity contribution in [2.75, 3.05) is 5.88 Å². The topological polar surface area (TPSA) is 0 Å². The molecule has 5 heteroatoms. The first-order chi connectivity index (χ1) is 6.96. The molecule has 0 fully saturated rings. The molecule has 0 saturated heterocycles. The molecule has 0 aliphatic carbocycles. The predicted molar refractivity (Wildman–Crippen MR) is 51.2 cm³/mol. The van der Waals surface area contributed by atoms with E-state index in [1.807, 2.05) is 0 Å². The molecule has 1 aromatic rings. The van der Waals surface area contributed by atoms with Crippen LogP contribution in [0, 0.1) is 5.82 Å². The van der Waals surface area contributed by atoms with Crippen molar-refractivity contribution in [3.8, 4) is 0 Å². The first-order valence-electron chi connectivity index (χ1n) is 4.05. The van der Waals surface area contributed by atoms with Crippen molar-refractivity contribution in [1.82, 2.24) is 0 Å². The first kappa shape index (κ1) is 12.0. The van der Waals surface area contributed by atoms with Crippen LogP contribution in [0.5, 0.6) is 0 Å². The van der Waals surface area contributed by atoms with Gasteiger partial charge < -0.3 is 0 Å². The summed E-state index contributed by atoms with van der Waals surface area (Å²) in [5.41, 5.74) is -1.38. The smallest absolute Gasteiger partial charge is 0.206 e. The van der Waals surface area contributed by atoms with Crippen molar-refractivity contribution in [2.24, 2.45) is 0 Å². The Morgan fingerprint density at radius 1 is 1.27 bits per heavy atom. The van der Waals surface area contributed by atoms with Crippen LogP contribution in [-0.2, 0) is 6.18 Å². The first-order valence-corrected chi connectivity index (χ1v) is 4.58. The SMILES string of the molecule is Fc1c(/C=C/CCl)cccc1C(F)(F)F. The fourth-order valence-electron chi connectivity index (χ4n) is 1.07. The van der Waals surface area contributed by atoms with Crippen LogP contribution in [0.2, 0.25) is 0 Å². The summed E-state index contributed by atoms with van der Waals surface area (Å²) < 4.78 is 50.1. The van der Waals surface area contributed by atoms with E-state index >= 15 is 0 Å². The molecule has 0 heterocycles. The van der Waals surface area contributed by atoms with Gasteiger partial charge in [-0.15, -0.1) is 11.6 Å². The molecular formula is C10H7ClF4.